The highest BCUT2D eigenvalue weighted by Gasteiger charge is 2.20. The summed E-state index contributed by atoms with van der Waals surface area (Å²) in [7, 11) is -3.40. The van der Waals surface area contributed by atoms with Crippen LogP contribution >= 0.6 is 0 Å². The minimum absolute atomic E-state index is 0.112. The fourth-order valence-corrected chi connectivity index (χ4v) is 3.88. The summed E-state index contributed by atoms with van der Waals surface area (Å²) in [5, 5.41) is 5.52. The van der Waals surface area contributed by atoms with Crippen molar-refractivity contribution in [3.63, 3.8) is 0 Å². The lowest BCUT2D eigenvalue weighted by molar-refractivity contribution is 0.235. The van der Waals surface area contributed by atoms with Gasteiger partial charge in [-0.2, -0.15) is 0 Å². The molecule has 1 aliphatic carbocycles. The number of carbonyl (C=O) groups excluding carboxylic acids is 1. The van der Waals surface area contributed by atoms with Crippen LogP contribution in [-0.2, 0) is 9.84 Å². The first-order chi connectivity index (χ1) is 10.4. The number of urea groups is 1. The van der Waals surface area contributed by atoms with Crippen molar-refractivity contribution in [1.29, 1.82) is 0 Å². The standard InChI is InChI=1S/C16H22N2O3S/c1-12-7-9-15(10-8-12)22(20,21)11-13(2)17-16(19)18-14-5-3-4-6-14/h3-4,7-10,13-14H,5-6,11H2,1-2H3,(H2,17,18,19)/t13-/m1/s1. The zero-order valence-electron chi connectivity index (χ0n) is 12.9. The number of benzene rings is 1. The van der Waals surface area contributed by atoms with Crippen LogP contribution in [0.4, 0.5) is 4.79 Å². The van der Waals surface area contributed by atoms with Gasteiger partial charge in [-0.05, 0) is 38.8 Å². The largest absolute Gasteiger partial charge is 0.335 e. The minimum Gasteiger partial charge on any atom is -0.335 e. The SMILES string of the molecule is Cc1ccc(S(=O)(=O)C[C@@H](C)NC(=O)NC2CC=CC2)cc1. The summed E-state index contributed by atoms with van der Waals surface area (Å²) in [6, 6.07) is 6.07. The predicted octanol–water partition coefficient (Wildman–Crippen LogP) is 2.18. The number of amides is 2. The number of sulfone groups is 1. The van der Waals surface area contributed by atoms with Crippen molar-refractivity contribution in [1.82, 2.24) is 10.6 Å². The van der Waals surface area contributed by atoms with Gasteiger partial charge in [0.25, 0.3) is 0 Å². The molecule has 1 aliphatic rings. The molecule has 0 aliphatic heterocycles. The Balaban J connectivity index is 1.88. The van der Waals surface area contributed by atoms with Crippen molar-refractivity contribution in [3.8, 4) is 0 Å². The third kappa shape index (κ3) is 4.59. The second kappa shape index (κ2) is 6.96. The van der Waals surface area contributed by atoms with Crippen LogP contribution in [0.25, 0.3) is 0 Å². The van der Waals surface area contributed by atoms with E-state index in [4.69, 9.17) is 0 Å². The summed E-state index contributed by atoms with van der Waals surface area (Å²) in [6.07, 6.45) is 5.69. The molecule has 6 heteroatoms. The van der Waals surface area contributed by atoms with Gasteiger partial charge in [0.1, 0.15) is 0 Å². The van der Waals surface area contributed by atoms with E-state index in [1.54, 1.807) is 31.2 Å². The van der Waals surface area contributed by atoms with Gasteiger partial charge in [-0.25, -0.2) is 13.2 Å². The van der Waals surface area contributed by atoms with E-state index < -0.39 is 15.9 Å². The molecular formula is C16H22N2O3S. The van der Waals surface area contributed by atoms with Crippen LogP contribution in [0, 0.1) is 6.92 Å². The van der Waals surface area contributed by atoms with Gasteiger partial charge in [0.05, 0.1) is 10.6 Å². The normalized spacial score (nSPS) is 16.5. The van der Waals surface area contributed by atoms with Crippen molar-refractivity contribution in [2.45, 2.75) is 43.7 Å². The van der Waals surface area contributed by atoms with Crippen molar-refractivity contribution in [2.24, 2.45) is 0 Å². The molecule has 120 valence electrons. The average molecular weight is 322 g/mol. The first-order valence-electron chi connectivity index (χ1n) is 7.38. The highest BCUT2D eigenvalue weighted by Crippen LogP contribution is 2.13. The number of hydrogen-bond acceptors (Lipinski definition) is 3. The first-order valence-corrected chi connectivity index (χ1v) is 9.03. The number of rotatable bonds is 5. The Bertz CT molecular complexity index is 642. The molecule has 0 saturated carbocycles. The Hall–Kier alpha value is -1.82. The number of carbonyl (C=O) groups is 1. The quantitative estimate of drug-likeness (QED) is 0.816. The fourth-order valence-electron chi connectivity index (χ4n) is 2.40. The summed E-state index contributed by atoms with van der Waals surface area (Å²) in [6.45, 7) is 3.60. The molecule has 1 atom stereocenters. The van der Waals surface area contributed by atoms with Crippen molar-refractivity contribution >= 4 is 15.9 Å². The van der Waals surface area contributed by atoms with E-state index in [0.29, 0.717) is 0 Å². The Morgan fingerprint density at radius 2 is 1.82 bits per heavy atom. The molecule has 0 heterocycles. The molecule has 0 spiro atoms. The highest BCUT2D eigenvalue weighted by atomic mass is 32.2. The van der Waals surface area contributed by atoms with Gasteiger partial charge in [-0.15, -0.1) is 0 Å². The summed E-state index contributed by atoms with van der Waals surface area (Å²) < 4.78 is 24.6. The molecule has 2 rings (SSSR count). The van der Waals surface area contributed by atoms with Gasteiger partial charge in [-0.3, -0.25) is 0 Å². The molecule has 0 unspecified atom stereocenters. The molecule has 0 bridgehead atoms. The molecule has 0 radical (unpaired) electrons. The molecule has 2 N–H and O–H groups in total. The third-order valence-corrected chi connectivity index (χ3v) is 5.50. The summed E-state index contributed by atoms with van der Waals surface area (Å²) in [4.78, 5) is 12.1. The van der Waals surface area contributed by atoms with Crippen LogP contribution in [0.15, 0.2) is 41.3 Å². The molecular weight excluding hydrogens is 300 g/mol. The lowest BCUT2D eigenvalue weighted by Gasteiger charge is -2.17. The van der Waals surface area contributed by atoms with E-state index in [-0.39, 0.29) is 22.7 Å². The number of nitrogens with one attached hydrogen (secondary N) is 2. The summed E-state index contributed by atoms with van der Waals surface area (Å²) in [5.41, 5.74) is 1.01. The van der Waals surface area contributed by atoms with Crippen LogP contribution < -0.4 is 10.6 Å². The third-order valence-electron chi connectivity index (χ3n) is 3.57. The first kappa shape index (κ1) is 16.5. The second-order valence-electron chi connectivity index (χ2n) is 5.75. The number of hydrogen-bond donors (Lipinski definition) is 2. The van der Waals surface area contributed by atoms with Gasteiger partial charge in [-0.1, -0.05) is 29.8 Å². The monoisotopic (exact) mass is 322 g/mol. The van der Waals surface area contributed by atoms with Crippen LogP contribution in [0.3, 0.4) is 0 Å². The lowest BCUT2D eigenvalue weighted by atomic mass is 10.2. The van der Waals surface area contributed by atoms with E-state index in [1.165, 1.54) is 0 Å². The Morgan fingerprint density at radius 3 is 2.41 bits per heavy atom. The maximum atomic E-state index is 12.3. The van der Waals surface area contributed by atoms with Crippen molar-refractivity contribution in [2.75, 3.05) is 5.75 Å². The smallest absolute Gasteiger partial charge is 0.315 e. The zero-order valence-corrected chi connectivity index (χ0v) is 13.7. The van der Waals surface area contributed by atoms with Crippen LogP contribution in [0.1, 0.15) is 25.3 Å². The van der Waals surface area contributed by atoms with Gasteiger partial charge >= 0.3 is 6.03 Å². The predicted molar refractivity (Wildman–Crippen MR) is 86.5 cm³/mol. The molecule has 2 amide bonds. The van der Waals surface area contributed by atoms with Crippen LogP contribution in [0.2, 0.25) is 0 Å². The molecule has 22 heavy (non-hydrogen) atoms. The Labute approximate surface area is 131 Å². The van der Waals surface area contributed by atoms with Gasteiger partial charge in [0.2, 0.25) is 0 Å². The van der Waals surface area contributed by atoms with Crippen LogP contribution in [0.5, 0.6) is 0 Å². The molecule has 0 saturated heterocycles. The molecule has 1 aromatic rings. The molecule has 5 nitrogen and oxygen atoms in total. The number of aryl methyl sites for hydroxylation is 1. The average Bonchev–Trinajstić information content (AvgIpc) is 2.90. The van der Waals surface area contributed by atoms with E-state index >= 15 is 0 Å². The lowest BCUT2D eigenvalue weighted by Crippen LogP contribution is -2.46. The highest BCUT2D eigenvalue weighted by molar-refractivity contribution is 7.91. The van der Waals surface area contributed by atoms with E-state index in [2.05, 4.69) is 10.6 Å². The van der Waals surface area contributed by atoms with Crippen molar-refractivity contribution in [3.05, 3.63) is 42.0 Å². The Morgan fingerprint density at radius 1 is 1.23 bits per heavy atom. The fraction of sp³-hybridized carbons (Fsp3) is 0.438. The zero-order chi connectivity index (χ0) is 16.2. The second-order valence-corrected chi connectivity index (χ2v) is 7.79. The van der Waals surface area contributed by atoms with E-state index in [9.17, 15) is 13.2 Å². The van der Waals surface area contributed by atoms with Crippen molar-refractivity contribution < 1.29 is 13.2 Å². The molecule has 1 aromatic carbocycles. The maximum absolute atomic E-state index is 12.3. The molecule has 0 fully saturated rings. The summed E-state index contributed by atoms with van der Waals surface area (Å²) >= 11 is 0. The van der Waals surface area contributed by atoms with E-state index in [1.807, 2.05) is 19.1 Å². The maximum Gasteiger partial charge on any atom is 0.315 e. The minimum atomic E-state index is -3.40. The van der Waals surface area contributed by atoms with Gasteiger partial charge in [0.15, 0.2) is 9.84 Å². The topological polar surface area (TPSA) is 75.3 Å². The van der Waals surface area contributed by atoms with Gasteiger partial charge < -0.3 is 10.6 Å². The van der Waals surface area contributed by atoms with E-state index in [0.717, 1.165) is 18.4 Å². The Kier molecular flexibility index (Phi) is 5.24. The van der Waals surface area contributed by atoms with Gasteiger partial charge in [0, 0.05) is 12.1 Å². The van der Waals surface area contributed by atoms with Crippen LogP contribution in [-0.4, -0.2) is 32.3 Å². The summed E-state index contributed by atoms with van der Waals surface area (Å²) in [5.74, 6) is -0.119. The molecule has 0 aromatic heterocycles.